The highest BCUT2D eigenvalue weighted by atomic mass is 19.1. The minimum atomic E-state index is -0.456. The van der Waals surface area contributed by atoms with Gasteiger partial charge in [0.15, 0.2) is 0 Å². The molecule has 0 saturated heterocycles. The second-order valence-electron chi connectivity index (χ2n) is 4.61. The molecule has 1 aliphatic carbocycles. The number of hydrogen-bond donors (Lipinski definition) is 2. The molecule has 1 aromatic carbocycles. The lowest BCUT2D eigenvalue weighted by Gasteiger charge is -2.41. The summed E-state index contributed by atoms with van der Waals surface area (Å²) in [5.41, 5.74) is -0.0695. The van der Waals surface area contributed by atoms with Crippen LogP contribution < -0.4 is 5.32 Å². The molecule has 0 heterocycles. The van der Waals surface area contributed by atoms with Crippen LogP contribution in [-0.4, -0.2) is 23.2 Å². The van der Waals surface area contributed by atoms with Gasteiger partial charge in [0.05, 0.1) is 18.6 Å². The summed E-state index contributed by atoms with van der Waals surface area (Å²) < 4.78 is 13.3. The van der Waals surface area contributed by atoms with Crippen molar-refractivity contribution < 1.29 is 14.3 Å². The molecule has 1 saturated carbocycles. The molecule has 0 unspecified atom stereocenters. The van der Waals surface area contributed by atoms with Gasteiger partial charge in [-0.2, -0.15) is 0 Å². The maximum atomic E-state index is 13.3. The van der Waals surface area contributed by atoms with Crippen molar-refractivity contribution in [3.05, 3.63) is 35.6 Å². The summed E-state index contributed by atoms with van der Waals surface area (Å²) in [7, 11) is 0. The molecule has 1 fully saturated rings. The van der Waals surface area contributed by atoms with Gasteiger partial charge in [-0.25, -0.2) is 4.39 Å². The Morgan fingerprint density at radius 1 is 1.41 bits per heavy atom. The van der Waals surface area contributed by atoms with E-state index in [1.165, 1.54) is 6.07 Å². The molecular weight excluding hydrogens is 221 g/mol. The molecule has 3 nitrogen and oxygen atoms in total. The van der Waals surface area contributed by atoms with E-state index in [4.69, 9.17) is 0 Å². The zero-order valence-electron chi connectivity index (χ0n) is 9.58. The van der Waals surface area contributed by atoms with Gasteiger partial charge in [0.25, 0.3) is 0 Å². The number of amides is 1. The Labute approximate surface area is 99.7 Å². The second-order valence-corrected chi connectivity index (χ2v) is 4.61. The van der Waals surface area contributed by atoms with Crippen molar-refractivity contribution in [1.29, 1.82) is 0 Å². The second kappa shape index (κ2) is 4.84. The molecule has 17 heavy (non-hydrogen) atoms. The number of benzene rings is 1. The highest BCUT2D eigenvalue weighted by Crippen LogP contribution is 2.31. The number of carbonyl (C=O) groups is 1. The van der Waals surface area contributed by atoms with Gasteiger partial charge in [0.1, 0.15) is 5.82 Å². The van der Waals surface area contributed by atoms with E-state index in [0.29, 0.717) is 5.56 Å². The maximum Gasteiger partial charge on any atom is 0.225 e. The van der Waals surface area contributed by atoms with E-state index in [1.807, 2.05) is 0 Å². The fraction of sp³-hybridized carbons (Fsp3) is 0.462. The molecule has 4 heteroatoms. The summed E-state index contributed by atoms with van der Waals surface area (Å²) in [6.07, 6.45) is 2.63. The van der Waals surface area contributed by atoms with E-state index in [-0.39, 0.29) is 24.8 Å². The van der Waals surface area contributed by atoms with Gasteiger partial charge < -0.3 is 10.4 Å². The van der Waals surface area contributed by atoms with Gasteiger partial charge in [-0.15, -0.1) is 0 Å². The van der Waals surface area contributed by atoms with Gasteiger partial charge in [0, 0.05) is 0 Å². The van der Waals surface area contributed by atoms with E-state index in [9.17, 15) is 14.3 Å². The predicted octanol–water partition coefficient (Wildman–Crippen LogP) is 1.40. The first kappa shape index (κ1) is 12.0. The van der Waals surface area contributed by atoms with Crippen molar-refractivity contribution in [3.8, 4) is 0 Å². The van der Waals surface area contributed by atoms with Gasteiger partial charge in [-0.1, -0.05) is 18.2 Å². The highest BCUT2D eigenvalue weighted by Gasteiger charge is 2.37. The van der Waals surface area contributed by atoms with Crippen molar-refractivity contribution in [1.82, 2.24) is 5.32 Å². The van der Waals surface area contributed by atoms with Gasteiger partial charge in [0.2, 0.25) is 5.91 Å². The molecular formula is C13H16FNO2. The molecule has 1 aliphatic rings. The van der Waals surface area contributed by atoms with Crippen LogP contribution in [0.5, 0.6) is 0 Å². The smallest absolute Gasteiger partial charge is 0.225 e. The molecule has 1 amide bonds. The summed E-state index contributed by atoms with van der Waals surface area (Å²) in [5, 5.41) is 12.0. The third-order valence-corrected chi connectivity index (χ3v) is 3.33. The zero-order chi connectivity index (χ0) is 12.3. The Hall–Kier alpha value is -1.42. The van der Waals surface area contributed by atoms with Gasteiger partial charge >= 0.3 is 0 Å². The average Bonchev–Trinajstić information content (AvgIpc) is 2.27. The monoisotopic (exact) mass is 237 g/mol. The number of carbonyl (C=O) groups excluding carboxylic acids is 1. The van der Waals surface area contributed by atoms with E-state index < -0.39 is 5.54 Å². The fourth-order valence-corrected chi connectivity index (χ4v) is 2.08. The summed E-state index contributed by atoms with van der Waals surface area (Å²) in [5.74, 6) is -0.599. The molecule has 0 bridgehead atoms. The van der Waals surface area contributed by atoms with E-state index in [0.717, 1.165) is 19.3 Å². The van der Waals surface area contributed by atoms with E-state index in [1.54, 1.807) is 18.2 Å². The van der Waals surface area contributed by atoms with Crippen molar-refractivity contribution >= 4 is 5.91 Å². The molecule has 0 aliphatic heterocycles. The lowest BCUT2D eigenvalue weighted by atomic mass is 9.77. The number of aliphatic hydroxyl groups excluding tert-OH is 1. The number of aliphatic hydroxyl groups is 1. The molecule has 92 valence electrons. The molecule has 2 rings (SSSR count). The lowest BCUT2D eigenvalue weighted by Crippen LogP contribution is -2.56. The average molecular weight is 237 g/mol. The first-order valence-corrected chi connectivity index (χ1v) is 5.80. The summed E-state index contributed by atoms with van der Waals surface area (Å²) >= 11 is 0. The first-order valence-electron chi connectivity index (χ1n) is 5.80. The van der Waals surface area contributed by atoms with Crippen LogP contribution in [0.15, 0.2) is 24.3 Å². The minimum Gasteiger partial charge on any atom is -0.394 e. The van der Waals surface area contributed by atoms with Crippen LogP contribution >= 0.6 is 0 Å². The Kier molecular flexibility index (Phi) is 3.43. The summed E-state index contributed by atoms with van der Waals surface area (Å²) in [6.45, 7) is -0.0456. The standard InChI is InChI=1S/C13H16FNO2/c14-11-5-2-1-4-10(11)8-12(17)15-13(9-16)6-3-7-13/h1-2,4-5,16H,3,6-9H2,(H,15,17). The van der Waals surface area contributed by atoms with Crippen LogP contribution in [0.3, 0.4) is 0 Å². The molecule has 1 aromatic rings. The molecule has 2 N–H and O–H groups in total. The maximum absolute atomic E-state index is 13.3. The third-order valence-electron chi connectivity index (χ3n) is 3.33. The number of nitrogens with one attached hydrogen (secondary N) is 1. The molecule has 0 radical (unpaired) electrons. The van der Waals surface area contributed by atoms with E-state index >= 15 is 0 Å². The molecule has 0 aromatic heterocycles. The normalized spacial score (nSPS) is 17.3. The SMILES string of the molecule is O=C(Cc1ccccc1F)NC1(CO)CCC1. The third kappa shape index (κ3) is 2.64. The van der Waals surface area contributed by atoms with Gasteiger partial charge in [-0.3, -0.25) is 4.79 Å². The molecule has 0 spiro atoms. The summed E-state index contributed by atoms with van der Waals surface area (Å²) in [4.78, 5) is 11.7. The lowest BCUT2D eigenvalue weighted by molar-refractivity contribution is -0.124. The van der Waals surface area contributed by atoms with Crippen LogP contribution in [0.25, 0.3) is 0 Å². The Balaban J connectivity index is 1.96. The molecule has 0 atom stereocenters. The van der Waals surface area contributed by atoms with Crippen LogP contribution in [-0.2, 0) is 11.2 Å². The van der Waals surface area contributed by atoms with Crippen molar-refractivity contribution in [2.75, 3.05) is 6.61 Å². The minimum absolute atomic E-state index is 0.0222. The van der Waals surface area contributed by atoms with Crippen LogP contribution in [0.2, 0.25) is 0 Å². The quantitative estimate of drug-likeness (QED) is 0.831. The van der Waals surface area contributed by atoms with Crippen LogP contribution in [0.1, 0.15) is 24.8 Å². The predicted molar refractivity (Wildman–Crippen MR) is 61.9 cm³/mol. The van der Waals surface area contributed by atoms with Crippen molar-refractivity contribution in [2.45, 2.75) is 31.2 Å². The summed E-state index contributed by atoms with van der Waals surface area (Å²) in [6, 6.07) is 6.24. The van der Waals surface area contributed by atoms with Crippen molar-refractivity contribution in [2.24, 2.45) is 0 Å². The van der Waals surface area contributed by atoms with Crippen molar-refractivity contribution in [3.63, 3.8) is 0 Å². The highest BCUT2D eigenvalue weighted by molar-refractivity contribution is 5.79. The topological polar surface area (TPSA) is 49.3 Å². The Morgan fingerprint density at radius 3 is 2.65 bits per heavy atom. The first-order chi connectivity index (χ1) is 8.15. The van der Waals surface area contributed by atoms with E-state index in [2.05, 4.69) is 5.32 Å². The number of hydrogen-bond acceptors (Lipinski definition) is 2. The zero-order valence-corrected chi connectivity index (χ0v) is 9.58. The van der Waals surface area contributed by atoms with Crippen LogP contribution in [0.4, 0.5) is 4.39 Å². The van der Waals surface area contributed by atoms with Gasteiger partial charge in [-0.05, 0) is 30.9 Å². The number of halogens is 1. The largest absolute Gasteiger partial charge is 0.394 e. The fourth-order valence-electron chi connectivity index (χ4n) is 2.08. The number of rotatable bonds is 4. The van der Waals surface area contributed by atoms with Crippen LogP contribution in [0, 0.1) is 5.82 Å². The Morgan fingerprint density at radius 2 is 2.12 bits per heavy atom. The Bertz CT molecular complexity index is 410.